The van der Waals surface area contributed by atoms with Crippen LogP contribution in [-0.4, -0.2) is 11.3 Å². The molecule has 0 aliphatic heterocycles. The van der Waals surface area contributed by atoms with E-state index in [0.29, 0.717) is 0 Å². The Bertz CT molecular complexity index is 282. The summed E-state index contributed by atoms with van der Waals surface area (Å²) in [5.74, 6) is -0.620. The molecule has 0 saturated carbocycles. The van der Waals surface area contributed by atoms with Gasteiger partial charge < -0.3 is 10.5 Å². The third-order valence-electron chi connectivity index (χ3n) is 1.01. The normalized spacial score (nSPS) is 9.64. The fraction of sp³-hybridized carbons (Fsp3) is 0.167. The van der Waals surface area contributed by atoms with Gasteiger partial charge in [0.15, 0.2) is 0 Å². The lowest BCUT2D eigenvalue weighted by molar-refractivity contribution is -0.275. The Kier molecular flexibility index (Phi) is 6.42. The number of ether oxygens (including phenoxy) is 1. The van der Waals surface area contributed by atoms with E-state index in [4.69, 9.17) is 5.73 Å². The van der Waals surface area contributed by atoms with Crippen LogP contribution in [0.1, 0.15) is 0 Å². The fourth-order valence-electron chi connectivity index (χ4n) is 0.598. The van der Waals surface area contributed by atoms with Crippen molar-refractivity contribution in [2.75, 3.05) is 5.73 Å². The number of rotatable bonds is 1. The zero-order valence-corrected chi connectivity index (χ0v) is 8.25. The van der Waals surface area contributed by atoms with Crippen LogP contribution < -0.4 is 10.5 Å². The third kappa shape index (κ3) is 4.98. The van der Waals surface area contributed by atoms with Gasteiger partial charge in [-0.2, -0.15) is 0 Å². The Balaban J connectivity index is 0. The van der Waals surface area contributed by atoms with Crippen molar-refractivity contribution in [3.8, 4) is 5.88 Å². The zero-order valence-electron chi connectivity index (χ0n) is 6.62. The van der Waals surface area contributed by atoms with Gasteiger partial charge in [0.25, 0.3) is 0 Å². The summed E-state index contributed by atoms with van der Waals surface area (Å²) in [5.41, 5.74) is 5.00. The van der Waals surface area contributed by atoms with Crippen LogP contribution >= 0.6 is 24.8 Å². The molecule has 0 aromatic carbocycles. The molecule has 0 aliphatic rings. The molecule has 1 aromatic rings. The van der Waals surface area contributed by atoms with Crippen molar-refractivity contribution in [1.82, 2.24) is 4.98 Å². The average molecular weight is 251 g/mol. The first kappa shape index (κ1) is 15.6. The first-order valence-electron chi connectivity index (χ1n) is 2.95. The lowest BCUT2D eigenvalue weighted by Gasteiger charge is -2.08. The number of alkyl halides is 3. The van der Waals surface area contributed by atoms with Crippen LogP contribution in [0.4, 0.5) is 18.9 Å². The Morgan fingerprint density at radius 3 is 2.29 bits per heavy atom. The Morgan fingerprint density at radius 1 is 1.29 bits per heavy atom. The van der Waals surface area contributed by atoms with E-state index in [1.807, 2.05) is 0 Å². The molecule has 0 radical (unpaired) electrons. The molecular formula is C6H7Cl2F3N2O. The van der Waals surface area contributed by atoms with Crippen molar-refractivity contribution < 1.29 is 17.9 Å². The topological polar surface area (TPSA) is 48.1 Å². The number of nitrogen functional groups attached to an aromatic ring is 1. The van der Waals surface area contributed by atoms with E-state index in [9.17, 15) is 13.2 Å². The molecule has 1 rings (SSSR count). The second-order valence-corrected chi connectivity index (χ2v) is 1.95. The molecule has 0 unspecified atom stereocenters. The van der Waals surface area contributed by atoms with Crippen molar-refractivity contribution in [1.29, 1.82) is 0 Å². The number of nitrogens with zero attached hydrogens (tertiary/aromatic N) is 1. The Labute approximate surface area is 90.3 Å². The zero-order chi connectivity index (χ0) is 9.19. The maximum Gasteiger partial charge on any atom is 0.574 e. The maximum atomic E-state index is 11.6. The quantitative estimate of drug-likeness (QED) is 0.833. The molecule has 1 heterocycles. The first-order chi connectivity index (χ1) is 5.49. The van der Waals surface area contributed by atoms with E-state index in [0.717, 1.165) is 6.20 Å². The van der Waals surface area contributed by atoms with Crippen molar-refractivity contribution >= 4 is 30.5 Å². The molecule has 14 heavy (non-hydrogen) atoms. The van der Waals surface area contributed by atoms with Crippen LogP contribution in [0.5, 0.6) is 5.88 Å². The monoisotopic (exact) mass is 250 g/mol. The van der Waals surface area contributed by atoms with Crippen LogP contribution in [0.2, 0.25) is 0 Å². The largest absolute Gasteiger partial charge is 0.574 e. The second kappa shape index (κ2) is 5.77. The van der Waals surface area contributed by atoms with Crippen LogP contribution in [0.25, 0.3) is 0 Å². The SMILES string of the molecule is Cl.Cl.Nc1cccnc1OC(F)(F)F. The van der Waals surface area contributed by atoms with Crippen LogP contribution in [0.15, 0.2) is 18.3 Å². The summed E-state index contributed by atoms with van der Waals surface area (Å²) >= 11 is 0. The molecule has 0 amide bonds. The molecule has 82 valence electrons. The minimum Gasteiger partial charge on any atom is -0.394 e. The lowest BCUT2D eigenvalue weighted by Crippen LogP contribution is -2.18. The summed E-state index contributed by atoms with van der Waals surface area (Å²) in [6.07, 6.45) is -3.58. The molecule has 0 fully saturated rings. The summed E-state index contributed by atoms with van der Waals surface area (Å²) in [7, 11) is 0. The van der Waals surface area contributed by atoms with Crippen LogP contribution in [-0.2, 0) is 0 Å². The smallest absolute Gasteiger partial charge is 0.394 e. The summed E-state index contributed by atoms with van der Waals surface area (Å²) in [6, 6.07) is 2.69. The number of anilines is 1. The second-order valence-electron chi connectivity index (χ2n) is 1.95. The summed E-state index contributed by atoms with van der Waals surface area (Å²) in [5, 5.41) is 0. The molecule has 0 spiro atoms. The number of nitrogens with two attached hydrogens (primary N) is 1. The van der Waals surface area contributed by atoms with Crippen LogP contribution in [0, 0.1) is 0 Å². The fourth-order valence-corrected chi connectivity index (χ4v) is 0.598. The third-order valence-corrected chi connectivity index (χ3v) is 1.01. The number of halogens is 5. The molecule has 0 saturated heterocycles. The Morgan fingerprint density at radius 2 is 1.86 bits per heavy atom. The van der Waals surface area contributed by atoms with Gasteiger partial charge in [0, 0.05) is 6.20 Å². The van der Waals surface area contributed by atoms with Gasteiger partial charge in [-0.05, 0) is 12.1 Å². The van der Waals surface area contributed by atoms with Gasteiger partial charge in [0.05, 0.1) is 5.69 Å². The van der Waals surface area contributed by atoms with E-state index < -0.39 is 12.2 Å². The van der Waals surface area contributed by atoms with Gasteiger partial charge in [-0.15, -0.1) is 38.0 Å². The molecule has 0 atom stereocenters. The van der Waals surface area contributed by atoms with Gasteiger partial charge in [0.2, 0.25) is 5.88 Å². The molecule has 8 heteroatoms. The van der Waals surface area contributed by atoms with E-state index in [1.54, 1.807) is 0 Å². The Hall–Kier alpha value is -0.880. The predicted molar refractivity (Wildman–Crippen MR) is 49.8 cm³/mol. The van der Waals surface area contributed by atoms with Crippen molar-refractivity contribution in [3.63, 3.8) is 0 Å². The highest BCUT2D eigenvalue weighted by atomic mass is 35.5. The number of pyridine rings is 1. The van der Waals surface area contributed by atoms with E-state index >= 15 is 0 Å². The lowest BCUT2D eigenvalue weighted by atomic mass is 10.4. The summed E-state index contributed by atoms with van der Waals surface area (Å²) < 4.78 is 38.3. The maximum absolute atomic E-state index is 11.6. The number of aromatic nitrogens is 1. The van der Waals surface area contributed by atoms with Crippen molar-refractivity contribution in [3.05, 3.63) is 18.3 Å². The van der Waals surface area contributed by atoms with Gasteiger partial charge in [0.1, 0.15) is 0 Å². The van der Waals surface area contributed by atoms with E-state index in [1.165, 1.54) is 12.1 Å². The van der Waals surface area contributed by atoms with E-state index in [-0.39, 0.29) is 30.5 Å². The molecule has 0 bridgehead atoms. The van der Waals surface area contributed by atoms with E-state index in [2.05, 4.69) is 9.72 Å². The van der Waals surface area contributed by atoms with Gasteiger partial charge in [-0.3, -0.25) is 0 Å². The molecule has 3 nitrogen and oxygen atoms in total. The highest BCUT2D eigenvalue weighted by molar-refractivity contribution is 5.85. The molecular weight excluding hydrogens is 244 g/mol. The summed E-state index contributed by atoms with van der Waals surface area (Å²) in [6.45, 7) is 0. The van der Waals surface area contributed by atoms with Gasteiger partial charge >= 0.3 is 6.36 Å². The highest BCUT2D eigenvalue weighted by Crippen LogP contribution is 2.24. The molecule has 2 N–H and O–H groups in total. The van der Waals surface area contributed by atoms with Crippen LogP contribution in [0.3, 0.4) is 0 Å². The van der Waals surface area contributed by atoms with Gasteiger partial charge in [-0.25, -0.2) is 4.98 Å². The average Bonchev–Trinajstić information content (AvgIpc) is 1.91. The molecule has 1 aromatic heterocycles. The van der Waals surface area contributed by atoms with Crippen molar-refractivity contribution in [2.45, 2.75) is 6.36 Å². The highest BCUT2D eigenvalue weighted by Gasteiger charge is 2.32. The predicted octanol–water partition coefficient (Wildman–Crippen LogP) is 2.41. The number of hydrogen-bond donors (Lipinski definition) is 1. The summed E-state index contributed by atoms with van der Waals surface area (Å²) in [4.78, 5) is 3.30. The minimum atomic E-state index is -4.75. The van der Waals surface area contributed by atoms with Crippen molar-refractivity contribution in [2.24, 2.45) is 0 Å². The number of hydrogen-bond acceptors (Lipinski definition) is 3. The van der Waals surface area contributed by atoms with Gasteiger partial charge in [-0.1, -0.05) is 0 Å². The minimum absolute atomic E-state index is 0. The molecule has 0 aliphatic carbocycles. The standard InChI is InChI=1S/C6H5F3N2O.2ClH/c7-6(8,9)12-5-4(10)2-1-3-11-5;;/h1-3H,10H2;2*1H. The first-order valence-corrected chi connectivity index (χ1v) is 2.95.